The standard InChI is InChI=1S/C7H9NOS.ClH/c1-4(9)7-5(2)10-6(3)8-7;/h1-3H3;1H. The molecule has 1 rings (SSSR count). The molecule has 0 spiro atoms. The molecule has 0 fully saturated rings. The molecular weight excluding hydrogens is 182 g/mol. The fourth-order valence-electron chi connectivity index (χ4n) is 0.856. The van der Waals surface area contributed by atoms with Gasteiger partial charge < -0.3 is 0 Å². The Morgan fingerprint density at radius 2 is 2.00 bits per heavy atom. The molecule has 4 heteroatoms. The van der Waals surface area contributed by atoms with Gasteiger partial charge in [-0.2, -0.15) is 0 Å². The number of aromatic nitrogens is 1. The molecule has 1 aromatic rings. The third kappa shape index (κ3) is 2.27. The summed E-state index contributed by atoms with van der Waals surface area (Å²) in [6, 6.07) is 0. The zero-order valence-electron chi connectivity index (χ0n) is 6.67. The van der Waals surface area contributed by atoms with Crippen LogP contribution in [0.4, 0.5) is 0 Å². The lowest BCUT2D eigenvalue weighted by Gasteiger charge is -1.85. The van der Waals surface area contributed by atoms with Gasteiger partial charge in [0.25, 0.3) is 0 Å². The van der Waals surface area contributed by atoms with E-state index in [0.29, 0.717) is 5.69 Å². The highest BCUT2D eigenvalue weighted by Crippen LogP contribution is 2.16. The van der Waals surface area contributed by atoms with E-state index in [4.69, 9.17) is 0 Å². The van der Waals surface area contributed by atoms with Crippen LogP contribution in [0.1, 0.15) is 27.3 Å². The van der Waals surface area contributed by atoms with Crippen LogP contribution in [-0.4, -0.2) is 10.8 Å². The maximum Gasteiger partial charge on any atom is 0.179 e. The van der Waals surface area contributed by atoms with Crippen molar-refractivity contribution in [2.45, 2.75) is 20.8 Å². The molecule has 0 saturated carbocycles. The Hall–Kier alpha value is -0.410. The largest absolute Gasteiger partial charge is 0.293 e. The van der Waals surface area contributed by atoms with E-state index in [1.807, 2.05) is 13.8 Å². The van der Waals surface area contributed by atoms with Crippen molar-refractivity contribution in [2.24, 2.45) is 0 Å². The molecule has 1 heterocycles. The van der Waals surface area contributed by atoms with E-state index in [1.165, 1.54) is 0 Å². The van der Waals surface area contributed by atoms with Crippen molar-refractivity contribution in [1.29, 1.82) is 0 Å². The van der Waals surface area contributed by atoms with Gasteiger partial charge in [-0.05, 0) is 13.8 Å². The first-order valence-electron chi connectivity index (χ1n) is 3.06. The van der Waals surface area contributed by atoms with Gasteiger partial charge in [-0.1, -0.05) is 0 Å². The van der Waals surface area contributed by atoms with Gasteiger partial charge in [-0.3, -0.25) is 4.79 Å². The highest BCUT2D eigenvalue weighted by molar-refractivity contribution is 7.11. The monoisotopic (exact) mass is 191 g/mol. The third-order valence-corrected chi connectivity index (χ3v) is 2.12. The normalized spacial score (nSPS) is 9.00. The second-order valence-electron chi connectivity index (χ2n) is 2.19. The number of Topliss-reactive ketones (excluding diaryl/α,β-unsaturated/α-hetero) is 1. The number of rotatable bonds is 1. The number of ketones is 1. The van der Waals surface area contributed by atoms with Gasteiger partial charge in [0, 0.05) is 11.8 Å². The summed E-state index contributed by atoms with van der Waals surface area (Å²) in [6.07, 6.45) is 0. The lowest BCUT2D eigenvalue weighted by molar-refractivity contribution is 0.101. The molecular formula is C7H10ClNOS. The molecule has 0 aliphatic rings. The molecule has 1 aromatic heterocycles. The van der Waals surface area contributed by atoms with Crippen LogP contribution < -0.4 is 0 Å². The molecule has 0 bridgehead atoms. The van der Waals surface area contributed by atoms with Crippen LogP contribution in [0.15, 0.2) is 0 Å². The van der Waals surface area contributed by atoms with Gasteiger partial charge in [0.15, 0.2) is 5.78 Å². The third-order valence-electron chi connectivity index (χ3n) is 1.24. The second kappa shape index (κ2) is 3.83. The summed E-state index contributed by atoms with van der Waals surface area (Å²) in [6.45, 7) is 5.37. The summed E-state index contributed by atoms with van der Waals surface area (Å²) >= 11 is 1.57. The summed E-state index contributed by atoms with van der Waals surface area (Å²) in [7, 11) is 0. The minimum Gasteiger partial charge on any atom is -0.293 e. The van der Waals surface area contributed by atoms with Crippen molar-refractivity contribution in [1.82, 2.24) is 4.98 Å². The number of hydrogen-bond donors (Lipinski definition) is 0. The lowest BCUT2D eigenvalue weighted by Crippen LogP contribution is -1.93. The van der Waals surface area contributed by atoms with Crippen LogP contribution in [0, 0.1) is 13.8 Å². The predicted molar refractivity (Wildman–Crippen MR) is 48.8 cm³/mol. The van der Waals surface area contributed by atoms with E-state index < -0.39 is 0 Å². The predicted octanol–water partition coefficient (Wildman–Crippen LogP) is 2.38. The van der Waals surface area contributed by atoms with Gasteiger partial charge in [0.1, 0.15) is 5.69 Å². The number of hydrogen-bond acceptors (Lipinski definition) is 3. The summed E-state index contributed by atoms with van der Waals surface area (Å²) in [5.41, 5.74) is 0.627. The highest BCUT2D eigenvalue weighted by Gasteiger charge is 2.07. The van der Waals surface area contributed by atoms with Gasteiger partial charge in [0.2, 0.25) is 0 Å². The minimum atomic E-state index is 0. The fourth-order valence-corrected chi connectivity index (χ4v) is 1.72. The Kier molecular flexibility index (Phi) is 3.69. The van der Waals surface area contributed by atoms with Crippen molar-refractivity contribution in [3.05, 3.63) is 15.6 Å². The van der Waals surface area contributed by atoms with E-state index in [-0.39, 0.29) is 18.2 Å². The summed E-state index contributed by atoms with van der Waals surface area (Å²) in [4.78, 5) is 15.9. The molecule has 0 saturated heterocycles. The summed E-state index contributed by atoms with van der Waals surface area (Å²) in [5.74, 6) is 0.0573. The Morgan fingerprint density at radius 1 is 1.45 bits per heavy atom. The molecule has 0 atom stereocenters. The molecule has 0 aliphatic heterocycles. The molecule has 2 nitrogen and oxygen atoms in total. The number of thiazole rings is 1. The van der Waals surface area contributed by atoms with Crippen LogP contribution in [0.25, 0.3) is 0 Å². The summed E-state index contributed by atoms with van der Waals surface area (Å²) in [5, 5.41) is 0.961. The van der Waals surface area contributed by atoms with Crippen molar-refractivity contribution < 1.29 is 4.79 Å². The maximum atomic E-state index is 10.8. The van der Waals surface area contributed by atoms with E-state index in [1.54, 1.807) is 18.3 Å². The van der Waals surface area contributed by atoms with Crippen molar-refractivity contribution >= 4 is 29.5 Å². The van der Waals surface area contributed by atoms with Gasteiger partial charge in [0.05, 0.1) is 5.01 Å². The fraction of sp³-hybridized carbons (Fsp3) is 0.429. The average Bonchev–Trinajstić information content (AvgIpc) is 2.10. The van der Waals surface area contributed by atoms with Crippen LogP contribution in [-0.2, 0) is 0 Å². The van der Waals surface area contributed by atoms with Crippen LogP contribution in [0.3, 0.4) is 0 Å². The number of halogens is 1. The maximum absolute atomic E-state index is 10.8. The van der Waals surface area contributed by atoms with E-state index in [0.717, 1.165) is 9.88 Å². The van der Waals surface area contributed by atoms with E-state index >= 15 is 0 Å². The topological polar surface area (TPSA) is 30.0 Å². The number of aryl methyl sites for hydroxylation is 2. The van der Waals surface area contributed by atoms with Crippen molar-refractivity contribution in [3.8, 4) is 0 Å². The van der Waals surface area contributed by atoms with E-state index in [2.05, 4.69) is 4.98 Å². The molecule has 0 N–H and O–H groups in total. The minimum absolute atomic E-state index is 0. The van der Waals surface area contributed by atoms with Crippen LogP contribution in [0.5, 0.6) is 0 Å². The number of carbonyl (C=O) groups is 1. The molecule has 0 radical (unpaired) electrons. The van der Waals surface area contributed by atoms with Gasteiger partial charge in [-0.15, -0.1) is 23.7 Å². The zero-order valence-corrected chi connectivity index (χ0v) is 8.30. The lowest BCUT2D eigenvalue weighted by atomic mass is 10.3. The molecule has 0 aromatic carbocycles. The first-order valence-corrected chi connectivity index (χ1v) is 3.88. The average molecular weight is 192 g/mol. The van der Waals surface area contributed by atoms with Gasteiger partial charge in [-0.25, -0.2) is 4.98 Å². The molecule has 0 aliphatic carbocycles. The summed E-state index contributed by atoms with van der Waals surface area (Å²) < 4.78 is 0. The zero-order chi connectivity index (χ0) is 7.72. The Labute approximate surface area is 76.1 Å². The first kappa shape index (κ1) is 10.6. The van der Waals surface area contributed by atoms with Crippen LogP contribution in [0.2, 0.25) is 0 Å². The smallest absolute Gasteiger partial charge is 0.179 e. The Bertz CT molecular complexity index is 269. The quantitative estimate of drug-likeness (QED) is 0.638. The molecule has 62 valence electrons. The highest BCUT2D eigenvalue weighted by atomic mass is 35.5. The Morgan fingerprint density at radius 3 is 2.18 bits per heavy atom. The van der Waals surface area contributed by atoms with E-state index in [9.17, 15) is 4.79 Å². The van der Waals surface area contributed by atoms with Crippen LogP contribution >= 0.6 is 23.7 Å². The number of carbonyl (C=O) groups excluding carboxylic acids is 1. The van der Waals surface area contributed by atoms with Crippen molar-refractivity contribution in [3.63, 3.8) is 0 Å². The van der Waals surface area contributed by atoms with Crippen molar-refractivity contribution in [2.75, 3.05) is 0 Å². The Balaban J connectivity index is 0.000001000. The molecule has 11 heavy (non-hydrogen) atoms. The SMILES string of the molecule is CC(=O)c1nc(C)sc1C.Cl. The molecule has 0 unspecified atom stereocenters. The first-order chi connectivity index (χ1) is 4.61. The molecule has 0 amide bonds. The second-order valence-corrected chi connectivity index (χ2v) is 3.60. The van der Waals surface area contributed by atoms with Gasteiger partial charge >= 0.3 is 0 Å². The number of nitrogens with zero attached hydrogens (tertiary/aromatic N) is 1.